The van der Waals surface area contributed by atoms with Crippen molar-refractivity contribution in [1.82, 2.24) is 10.3 Å². The standard InChI is InChI=1S/C18H18N4O5S2/c1-18(2,3)13-15(22(25)26)29-16(19-13)21-17-20-14(24)11(28-17)8-9-6-5-7-10(27-4)12(9)23/h5-8,23H,1-4H3,(H,19,20,21,24)/b11-8-. The fourth-order valence-electron chi connectivity index (χ4n) is 2.49. The number of amidine groups is 1. The fraction of sp³-hybridized carbons (Fsp3) is 0.278. The molecule has 29 heavy (non-hydrogen) atoms. The summed E-state index contributed by atoms with van der Waals surface area (Å²) in [6.07, 6.45) is 1.52. The number of nitrogens with one attached hydrogen (secondary N) is 1. The Morgan fingerprint density at radius 1 is 1.38 bits per heavy atom. The zero-order chi connectivity index (χ0) is 21.3. The fourth-order valence-corrected chi connectivity index (χ4v) is 4.33. The number of methoxy groups -OCH3 is 1. The topological polar surface area (TPSA) is 127 Å². The molecule has 0 saturated carbocycles. The first-order valence-electron chi connectivity index (χ1n) is 8.41. The van der Waals surface area contributed by atoms with E-state index in [-0.39, 0.29) is 21.0 Å². The van der Waals surface area contributed by atoms with Gasteiger partial charge < -0.3 is 15.2 Å². The van der Waals surface area contributed by atoms with Crippen molar-refractivity contribution in [3.8, 4) is 11.5 Å². The van der Waals surface area contributed by atoms with Gasteiger partial charge in [-0.05, 0) is 35.2 Å². The summed E-state index contributed by atoms with van der Waals surface area (Å²) >= 11 is 1.91. The lowest BCUT2D eigenvalue weighted by Crippen LogP contribution is -2.19. The van der Waals surface area contributed by atoms with Gasteiger partial charge in [-0.25, -0.2) is 4.98 Å². The van der Waals surface area contributed by atoms with E-state index < -0.39 is 16.2 Å². The maximum Gasteiger partial charge on any atom is 0.349 e. The Labute approximate surface area is 174 Å². The number of phenolic OH excluding ortho intramolecular Hbond substituents is 1. The third kappa shape index (κ3) is 4.40. The van der Waals surface area contributed by atoms with Crippen molar-refractivity contribution in [3.05, 3.63) is 44.5 Å². The average molecular weight is 434 g/mol. The van der Waals surface area contributed by atoms with Gasteiger partial charge in [0, 0.05) is 11.0 Å². The maximum absolute atomic E-state index is 12.3. The van der Waals surface area contributed by atoms with E-state index in [4.69, 9.17) is 4.74 Å². The van der Waals surface area contributed by atoms with E-state index in [0.717, 1.165) is 23.1 Å². The van der Waals surface area contributed by atoms with Crippen LogP contribution in [0.25, 0.3) is 6.08 Å². The lowest BCUT2D eigenvalue weighted by molar-refractivity contribution is -0.381. The number of rotatable bonds is 4. The van der Waals surface area contributed by atoms with Gasteiger partial charge in [-0.2, -0.15) is 4.99 Å². The van der Waals surface area contributed by atoms with Gasteiger partial charge in [-0.1, -0.05) is 32.9 Å². The Balaban J connectivity index is 1.91. The summed E-state index contributed by atoms with van der Waals surface area (Å²) in [5.74, 6) is -0.175. The molecule has 0 spiro atoms. The smallest absolute Gasteiger partial charge is 0.349 e. The van der Waals surface area contributed by atoms with Crippen molar-refractivity contribution < 1.29 is 19.6 Å². The Morgan fingerprint density at radius 3 is 2.69 bits per heavy atom. The molecule has 1 aromatic carbocycles. The van der Waals surface area contributed by atoms with E-state index >= 15 is 0 Å². The molecule has 2 heterocycles. The van der Waals surface area contributed by atoms with Gasteiger partial charge >= 0.3 is 5.00 Å². The van der Waals surface area contributed by atoms with Crippen molar-refractivity contribution in [3.63, 3.8) is 0 Å². The van der Waals surface area contributed by atoms with Crippen LogP contribution in [-0.4, -0.2) is 33.2 Å². The molecular formula is C18H18N4O5S2. The number of ether oxygens (including phenoxy) is 1. The van der Waals surface area contributed by atoms with Gasteiger partial charge in [-0.3, -0.25) is 14.9 Å². The van der Waals surface area contributed by atoms with E-state index in [1.54, 1.807) is 18.2 Å². The SMILES string of the molecule is COc1cccc(/C=C2\S/C(=N/c3nc(C(C)(C)C)c([N+](=O)[O-])s3)NC2=O)c1O. The van der Waals surface area contributed by atoms with Crippen molar-refractivity contribution in [2.24, 2.45) is 4.99 Å². The third-order valence-electron chi connectivity index (χ3n) is 3.86. The molecule has 11 heteroatoms. The van der Waals surface area contributed by atoms with Crippen LogP contribution in [0.5, 0.6) is 11.5 Å². The van der Waals surface area contributed by atoms with Gasteiger partial charge in [0.25, 0.3) is 5.91 Å². The number of phenols is 1. The predicted molar refractivity (Wildman–Crippen MR) is 113 cm³/mol. The molecule has 0 aliphatic carbocycles. The van der Waals surface area contributed by atoms with E-state index in [2.05, 4.69) is 15.3 Å². The number of nitro groups is 1. The van der Waals surface area contributed by atoms with Crippen LogP contribution in [0.1, 0.15) is 32.0 Å². The summed E-state index contributed by atoms with van der Waals surface area (Å²) < 4.78 is 5.07. The quantitative estimate of drug-likeness (QED) is 0.424. The van der Waals surface area contributed by atoms with Gasteiger partial charge in [0.1, 0.15) is 5.69 Å². The molecule has 0 unspecified atom stereocenters. The Bertz CT molecular complexity index is 1050. The molecule has 1 saturated heterocycles. The first-order valence-corrected chi connectivity index (χ1v) is 10.0. The van der Waals surface area contributed by atoms with Gasteiger partial charge in [0.05, 0.1) is 16.9 Å². The minimum atomic E-state index is -0.516. The zero-order valence-electron chi connectivity index (χ0n) is 16.0. The van der Waals surface area contributed by atoms with Crippen LogP contribution >= 0.6 is 23.1 Å². The Kier molecular flexibility index (Phi) is 5.62. The molecule has 152 valence electrons. The number of hydrogen-bond donors (Lipinski definition) is 2. The van der Waals surface area contributed by atoms with Crippen LogP contribution in [-0.2, 0) is 10.2 Å². The molecule has 0 radical (unpaired) electrons. The number of amides is 1. The monoisotopic (exact) mass is 434 g/mol. The number of aliphatic imine (C=N–C) groups is 1. The summed E-state index contributed by atoms with van der Waals surface area (Å²) in [6, 6.07) is 4.95. The molecule has 0 bridgehead atoms. The number of thiazole rings is 1. The second-order valence-electron chi connectivity index (χ2n) is 7.04. The first-order chi connectivity index (χ1) is 13.6. The summed E-state index contributed by atoms with van der Waals surface area (Å²) in [7, 11) is 1.44. The number of hydrogen-bond acceptors (Lipinski definition) is 9. The number of carbonyl (C=O) groups is 1. The van der Waals surface area contributed by atoms with Crippen molar-refractivity contribution in [2.75, 3.05) is 7.11 Å². The molecule has 3 rings (SSSR count). The highest BCUT2D eigenvalue weighted by Gasteiger charge is 2.31. The number of thioether (sulfide) groups is 1. The number of aromatic hydroxyl groups is 1. The van der Waals surface area contributed by atoms with Crippen LogP contribution in [0.4, 0.5) is 10.1 Å². The highest BCUT2D eigenvalue weighted by molar-refractivity contribution is 8.18. The van der Waals surface area contributed by atoms with E-state index in [0.29, 0.717) is 21.9 Å². The largest absolute Gasteiger partial charge is 0.504 e. The first kappa shape index (κ1) is 20.8. The van der Waals surface area contributed by atoms with Gasteiger partial charge in [0.15, 0.2) is 16.7 Å². The van der Waals surface area contributed by atoms with Crippen LogP contribution in [0.15, 0.2) is 28.1 Å². The van der Waals surface area contributed by atoms with Crippen molar-refractivity contribution in [2.45, 2.75) is 26.2 Å². The number of nitrogens with zero attached hydrogens (tertiary/aromatic N) is 3. The normalized spacial score (nSPS) is 17.0. The van der Waals surface area contributed by atoms with E-state index in [9.17, 15) is 20.0 Å². The lowest BCUT2D eigenvalue weighted by Gasteiger charge is -2.13. The number of aromatic nitrogens is 1. The van der Waals surface area contributed by atoms with Crippen LogP contribution in [0.3, 0.4) is 0 Å². The van der Waals surface area contributed by atoms with E-state index in [1.807, 2.05) is 20.8 Å². The minimum Gasteiger partial charge on any atom is -0.504 e. The molecule has 1 aromatic heterocycles. The number of carbonyl (C=O) groups excluding carboxylic acids is 1. The number of para-hydroxylation sites is 1. The summed E-state index contributed by atoms with van der Waals surface area (Å²) in [5, 5.41) is 24.5. The van der Waals surface area contributed by atoms with Crippen LogP contribution in [0, 0.1) is 10.1 Å². The molecule has 1 aliphatic rings. The maximum atomic E-state index is 12.3. The number of benzene rings is 1. The molecule has 1 amide bonds. The third-order valence-corrected chi connectivity index (χ3v) is 5.67. The zero-order valence-corrected chi connectivity index (χ0v) is 17.7. The van der Waals surface area contributed by atoms with Crippen molar-refractivity contribution in [1.29, 1.82) is 0 Å². The second kappa shape index (κ2) is 7.84. The van der Waals surface area contributed by atoms with Gasteiger partial charge in [0.2, 0.25) is 5.13 Å². The molecular weight excluding hydrogens is 416 g/mol. The molecule has 1 aliphatic heterocycles. The summed E-state index contributed by atoms with van der Waals surface area (Å²) in [4.78, 5) is 32.0. The summed E-state index contributed by atoms with van der Waals surface area (Å²) in [5.41, 5.74) is 0.250. The predicted octanol–water partition coefficient (Wildman–Crippen LogP) is 3.95. The van der Waals surface area contributed by atoms with Crippen LogP contribution < -0.4 is 10.1 Å². The summed E-state index contributed by atoms with van der Waals surface area (Å²) in [6.45, 7) is 5.50. The lowest BCUT2D eigenvalue weighted by atomic mass is 9.93. The van der Waals surface area contributed by atoms with E-state index in [1.165, 1.54) is 13.2 Å². The van der Waals surface area contributed by atoms with Crippen LogP contribution in [0.2, 0.25) is 0 Å². The minimum absolute atomic E-state index is 0.0664. The average Bonchev–Trinajstić information content (AvgIpc) is 3.21. The highest BCUT2D eigenvalue weighted by atomic mass is 32.2. The van der Waals surface area contributed by atoms with Gasteiger partial charge in [-0.15, -0.1) is 0 Å². The second-order valence-corrected chi connectivity index (χ2v) is 9.02. The molecule has 0 atom stereocenters. The Hall–Kier alpha value is -2.92. The highest BCUT2D eigenvalue weighted by Crippen LogP contribution is 2.40. The molecule has 9 nitrogen and oxygen atoms in total. The Morgan fingerprint density at radius 2 is 2.10 bits per heavy atom. The molecule has 2 aromatic rings. The van der Waals surface area contributed by atoms with Crippen molar-refractivity contribution >= 4 is 50.4 Å². The molecule has 1 fully saturated rings. The molecule has 2 N–H and O–H groups in total.